The van der Waals surface area contributed by atoms with Crippen molar-refractivity contribution in [1.82, 2.24) is 0 Å². The van der Waals surface area contributed by atoms with Crippen LogP contribution >= 0.6 is 0 Å². The number of carbonyl (C=O) groups is 3. The van der Waals surface area contributed by atoms with E-state index in [1.165, 1.54) is 30.3 Å². The molecule has 0 radical (unpaired) electrons. The lowest BCUT2D eigenvalue weighted by Gasteiger charge is -2.18. The van der Waals surface area contributed by atoms with Gasteiger partial charge in [0.05, 0.1) is 5.69 Å². The van der Waals surface area contributed by atoms with E-state index in [1.54, 1.807) is 0 Å². The van der Waals surface area contributed by atoms with Crippen molar-refractivity contribution >= 4 is 23.3 Å². The molecule has 0 saturated carbocycles. The zero-order valence-corrected chi connectivity index (χ0v) is 12.8. The molecule has 2 aromatic carbocycles. The summed E-state index contributed by atoms with van der Waals surface area (Å²) in [5.74, 6) is -1.93. The van der Waals surface area contributed by atoms with Crippen molar-refractivity contribution in [3.05, 3.63) is 47.5 Å². The minimum absolute atomic E-state index is 0.0893. The average Bonchev–Trinajstić information content (AvgIpc) is 2.58. The van der Waals surface area contributed by atoms with E-state index in [-0.39, 0.29) is 29.4 Å². The fraction of sp³-hybridized carbons (Fsp3) is 0.118. The number of carbonyl (C=O) groups excluding carboxylic acids is 3. The van der Waals surface area contributed by atoms with Crippen molar-refractivity contribution in [2.24, 2.45) is 0 Å². The summed E-state index contributed by atoms with van der Waals surface area (Å²) >= 11 is 0. The van der Waals surface area contributed by atoms with Gasteiger partial charge in [0.2, 0.25) is 0 Å². The number of ether oxygens (including phenoxy) is 2. The largest absolute Gasteiger partial charge is 0.508 e. The second kappa shape index (κ2) is 6.52. The maximum Gasteiger partial charge on any atom is 0.342 e. The van der Waals surface area contributed by atoms with Gasteiger partial charge in [-0.05, 0) is 30.3 Å². The Morgan fingerprint density at radius 1 is 1.16 bits per heavy atom. The van der Waals surface area contributed by atoms with Crippen LogP contribution in [0, 0.1) is 0 Å². The highest BCUT2D eigenvalue weighted by Gasteiger charge is 2.19. The van der Waals surface area contributed by atoms with E-state index in [4.69, 9.17) is 9.47 Å². The molecule has 1 aliphatic rings. The number of rotatable bonds is 4. The van der Waals surface area contributed by atoms with E-state index in [2.05, 4.69) is 5.32 Å². The summed E-state index contributed by atoms with van der Waals surface area (Å²) in [6, 6.07) is 7.85. The lowest BCUT2D eigenvalue weighted by Crippen LogP contribution is -2.25. The molecule has 3 N–H and O–H groups in total. The standard InChI is InChI=1S/C17H13NO7/c19-10-2-3-11(13(20)6-10)17(23)25-7-14(21)9-1-4-15-12(5-9)18-16(22)8-24-15/h1-6,19-20H,7-8H2,(H,18,22). The van der Waals surface area contributed by atoms with Crippen molar-refractivity contribution in [2.75, 3.05) is 18.5 Å². The molecule has 8 nitrogen and oxygen atoms in total. The minimum atomic E-state index is -0.902. The first-order valence-corrected chi connectivity index (χ1v) is 7.23. The Hall–Kier alpha value is -3.55. The highest BCUT2D eigenvalue weighted by molar-refractivity contribution is 6.02. The van der Waals surface area contributed by atoms with Crippen molar-refractivity contribution in [3.8, 4) is 17.2 Å². The average molecular weight is 343 g/mol. The van der Waals surface area contributed by atoms with E-state index in [0.717, 1.165) is 6.07 Å². The van der Waals surface area contributed by atoms with Gasteiger partial charge in [-0.2, -0.15) is 0 Å². The quantitative estimate of drug-likeness (QED) is 0.567. The molecule has 3 rings (SSSR count). The summed E-state index contributed by atoms with van der Waals surface area (Å²) in [6.07, 6.45) is 0. The van der Waals surface area contributed by atoms with Crippen LogP contribution in [0.1, 0.15) is 20.7 Å². The first-order chi connectivity index (χ1) is 11.9. The normalized spacial score (nSPS) is 12.6. The topological polar surface area (TPSA) is 122 Å². The number of amides is 1. The highest BCUT2D eigenvalue weighted by atomic mass is 16.5. The van der Waals surface area contributed by atoms with Gasteiger partial charge in [0.25, 0.3) is 5.91 Å². The van der Waals surface area contributed by atoms with Gasteiger partial charge in [-0.1, -0.05) is 0 Å². The first kappa shape index (κ1) is 16.3. The third-order valence-electron chi connectivity index (χ3n) is 3.47. The van der Waals surface area contributed by atoms with Crippen molar-refractivity contribution in [1.29, 1.82) is 0 Å². The van der Waals surface area contributed by atoms with Crippen LogP contribution in [0.25, 0.3) is 0 Å². The van der Waals surface area contributed by atoms with Gasteiger partial charge >= 0.3 is 5.97 Å². The smallest absolute Gasteiger partial charge is 0.342 e. The Bertz CT molecular complexity index is 875. The molecular weight excluding hydrogens is 330 g/mol. The zero-order chi connectivity index (χ0) is 18.0. The molecule has 0 fully saturated rings. The molecule has 25 heavy (non-hydrogen) atoms. The van der Waals surface area contributed by atoms with Gasteiger partial charge in [0.15, 0.2) is 19.0 Å². The predicted molar refractivity (Wildman–Crippen MR) is 85.0 cm³/mol. The number of phenols is 2. The summed E-state index contributed by atoms with van der Waals surface area (Å²) in [7, 11) is 0. The molecule has 2 aromatic rings. The Kier molecular flexibility index (Phi) is 4.25. The number of ketones is 1. The molecule has 1 heterocycles. The van der Waals surface area contributed by atoms with Crippen LogP contribution in [0.4, 0.5) is 5.69 Å². The molecule has 0 unspecified atom stereocenters. The van der Waals surface area contributed by atoms with Crippen LogP contribution in [-0.4, -0.2) is 41.1 Å². The van der Waals surface area contributed by atoms with Gasteiger partial charge in [0, 0.05) is 11.6 Å². The number of phenolic OH excluding ortho intramolecular Hbond substituents is 2. The number of aromatic hydroxyl groups is 2. The zero-order valence-electron chi connectivity index (χ0n) is 12.8. The van der Waals surface area contributed by atoms with E-state index in [0.29, 0.717) is 11.4 Å². The van der Waals surface area contributed by atoms with Gasteiger partial charge in [-0.15, -0.1) is 0 Å². The number of Topliss-reactive ketones (excluding diaryl/α,β-unsaturated/α-hetero) is 1. The van der Waals surface area contributed by atoms with Crippen LogP contribution in [0.3, 0.4) is 0 Å². The summed E-state index contributed by atoms with van der Waals surface area (Å²) < 4.78 is 10.1. The molecule has 1 amide bonds. The third kappa shape index (κ3) is 3.52. The Balaban J connectivity index is 1.67. The van der Waals surface area contributed by atoms with Gasteiger partial charge in [-0.25, -0.2) is 4.79 Å². The van der Waals surface area contributed by atoms with Crippen molar-refractivity contribution in [2.45, 2.75) is 0 Å². The number of benzene rings is 2. The van der Waals surface area contributed by atoms with E-state index < -0.39 is 24.1 Å². The summed E-state index contributed by atoms with van der Waals surface area (Å²) in [6.45, 7) is -0.638. The van der Waals surface area contributed by atoms with E-state index in [1.807, 2.05) is 0 Å². The Labute approximate surface area is 141 Å². The van der Waals surface area contributed by atoms with Gasteiger partial charge in [0.1, 0.15) is 22.8 Å². The maximum absolute atomic E-state index is 12.2. The van der Waals surface area contributed by atoms with Crippen LogP contribution in [0.2, 0.25) is 0 Å². The molecule has 0 bridgehead atoms. The molecule has 8 heteroatoms. The number of nitrogens with one attached hydrogen (secondary N) is 1. The molecule has 0 atom stereocenters. The Morgan fingerprint density at radius 2 is 1.96 bits per heavy atom. The van der Waals surface area contributed by atoms with Gasteiger partial charge in [-0.3, -0.25) is 9.59 Å². The SMILES string of the molecule is O=C1COc2ccc(C(=O)COC(=O)c3ccc(O)cc3O)cc2N1. The Morgan fingerprint density at radius 3 is 2.72 bits per heavy atom. The molecule has 0 saturated heterocycles. The second-order valence-corrected chi connectivity index (χ2v) is 5.25. The molecular formula is C17H13NO7. The molecule has 128 valence electrons. The molecule has 1 aliphatic heterocycles. The van der Waals surface area contributed by atoms with Crippen LogP contribution in [0.5, 0.6) is 17.2 Å². The molecule has 0 spiro atoms. The monoisotopic (exact) mass is 343 g/mol. The fourth-order valence-corrected chi connectivity index (χ4v) is 2.24. The van der Waals surface area contributed by atoms with Crippen molar-refractivity contribution in [3.63, 3.8) is 0 Å². The first-order valence-electron chi connectivity index (χ1n) is 7.23. The lowest BCUT2D eigenvalue weighted by atomic mass is 10.1. The maximum atomic E-state index is 12.2. The van der Waals surface area contributed by atoms with Crippen LogP contribution in [-0.2, 0) is 9.53 Å². The summed E-state index contributed by atoms with van der Waals surface area (Å²) in [4.78, 5) is 35.4. The number of hydrogen-bond acceptors (Lipinski definition) is 7. The van der Waals surface area contributed by atoms with Crippen molar-refractivity contribution < 1.29 is 34.1 Å². The second-order valence-electron chi connectivity index (χ2n) is 5.25. The number of anilines is 1. The predicted octanol–water partition coefficient (Wildman–Crippen LogP) is 1.47. The van der Waals surface area contributed by atoms with Crippen LogP contribution < -0.4 is 10.1 Å². The third-order valence-corrected chi connectivity index (χ3v) is 3.47. The van der Waals surface area contributed by atoms with Gasteiger partial charge < -0.3 is 25.0 Å². The summed E-state index contributed by atoms with van der Waals surface area (Å²) in [5.41, 5.74) is 0.425. The molecule has 0 aliphatic carbocycles. The van der Waals surface area contributed by atoms with E-state index >= 15 is 0 Å². The number of fused-ring (bicyclic) bond motifs is 1. The van der Waals surface area contributed by atoms with E-state index in [9.17, 15) is 24.6 Å². The lowest BCUT2D eigenvalue weighted by molar-refractivity contribution is -0.118. The fourth-order valence-electron chi connectivity index (χ4n) is 2.24. The van der Waals surface area contributed by atoms with Crippen LogP contribution in [0.15, 0.2) is 36.4 Å². The number of hydrogen-bond donors (Lipinski definition) is 3. The highest BCUT2D eigenvalue weighted by Crippen LogP contribution is 2.28. The molecule has 0 aromatic heterocycles. The summed E-state index contributed by atoms with van der Waals surface area (Å²) in [5, 5.41) is 21.4. The minimum Gasteiger partial charge on any atom is -0.508 e. The number of esters is 1.